The van der Waals surface area contributed by atoms with E-state index in [0.717, 1.165) is 12.1 Å². The summed E-state index contributed by atoms with van der Waals surface area (Å²) in [4.78, 5) is 8.20. The summed E-state index contributed by atoms with van der Waals surface area (Å²) in [5, 5.41) is 6.72. The van der Waals surface area contributed by atoms with Crippen LogP contribution >= 0.6 is 35.6 Å². The first-order chi connectivity index (χ1) is 14.5. The molecule has 0 radical (unpaired) electrons. The molecule has 0 bridgehead atoms. The number of aromatic nitrogens is 2. The highest BCUT2D eigenvalue weighted by molar-refractivity contribution is 14.0. The molecule has 0 fully saturated rings. The maximum Gasteiger partial charge on any atom is 0.387 e. The van der Waals surface area contributed by atoms with E-state index in [1.165, 1.54) is 17.7 Å². The summed E-state index contributed by atoms with van der Waals surface area (Å²) in [6, 6.07) is 12.7. The van der Waals surface area contributed by atoms with Crippen molar-refractivity contribution in [1.82, 2.24) is 20.2 Å². The van der Waals surface area contributed by atoms with Crippen LogP contribution in [0.4, 0.5) is 8.78 Å². The van der Waals surface area contributed by atoms with Crippen LogP contribution in [0.2, 0.25) is 5.02 Å². The number of benzene rings is 2. The van der Waals surface area contributed by atoms with Gasteiger partial charge in [0.1, 0.15) is 5.75 Å². The van der Waals surface area contributed by atoms with E-state index in [1.54, 1.807) is 25.6 Å². The molecular weight excluding hydrogens is 539 g/mol. The number of guanidine groups is 1. The van der Waals surface area contributed by atoms with Gasteiger partial charge in [-0.2, -0.15) is 8.78 Å². The summed E-state index contributed by atoms with van der Waals surface area (Å²) in [5.41, 5.74) is 2.76. The summed E-state index contributed by atoms with van der Waals surface area (Å²) in [7, 11) is 1.64. The Bertz CT molecular complexity index is 968. The molecule has 0 atom stereocenters. The van der Waals surface area contributed by atoms with E-state index in [9.17, 15) is 8.78 Å². The van der Waals surface area contributed by atoms with Gasteiger partial charge >= 0.3 is 6.61 Å². The smallest absolute Gasteiger partial charge is 0.387 e. The lowest BCUT2D eigenvalue weighted by Gasteiger charge is -2.15. The molecule has 3 aromatic rings. The van der Waals surface area contributed by atoms with Crippen LogP contribution in [0.3, 0.4) is 0 Å². The molecular formula is C21H23ClF2IN5O. The maximum atomic E-state index is 12.6. The summed E-state index contributed by atoms with van der Waals surface area (Å²) in [5.74, 6) is 0.603. The number of hydrogen-bond donors (Lipinski definition) is 2. The quantitative estimate of drug-likeness (QED) is 0.238. The number of nitrogens with one attached hydrogen (secondary N) is 2. The normalized spacial score (nSPS) is 11.2. The van der Waals surface area contributed by atoms with E-state index in [4.69, 9.17) is 11.6 Å². The molecule has 0 amide bonds. The van der Waals surface area contributed by atoms with Crippen molar-refractivity contribution in [3.8, 4) is 5.75 Å². The zero-order chi connectivity index (χ0) is 21.3. The molecule has 0 unspecified atom stereocenters. The standard InChI is InChI=1S/C21H22ClF2N5O.HI/c1-25-21(28-12-17-10-18(22)6-7-19(17)30-20(23)24)27-11-15-2-4-16(5-3-15)13-29-9-8-26-14-29;/h2-10,14,20H,11-13H2,1H3,(H2,25,27,28);1H. The Morgan fingerprint density at radius 3 is 2.48 bits per heavy atom. The summed E-state index contributed by atoms with van der Waals surface area (Å²) >= 11 is 5.98. The van der Waals surface area contributed by atoms with Crippen molar-refractivity contribution in [2.75, 3.05) is 7.05 Å². The third-order valence-corrected chi connectivity index (χ3v) is 4.55. The van der Waals surface area contributed by atoms with Crippen molar-refractivity contribution in [3.63, 3.8) is 0 Å². The average molecular weight is 562 g/mol. The molecule has 0 aliphatic carbocycles. The predicted molar refractivity (Wildman–Crippen MR) is 128 cm³/mol. The molecule has 2 aromatic carbocycles. The minimum Gasteiger partial charge on any atom is -0.434 e. The highest BCUT2D eigenvalue weighted by Gasteiger charge is 2.11. The number of aliphatic imine (C=N–C) groups is 1. The molecule has 0 saturated carbocycles. The number of rotatable bonds is 8. The first kappa shape index (κ1) is 24.9. The van der Waals surface area contributed by atoms with Crippen molar-refractivity contribution in [1.29, 1.82) is 0 Å². The van der Waals surface area contributed by atoms with Crippen LogP contribution < -0.4 is 15.4 Å². The third-order valence-electron chi connectivity index (χ3n) is 4.32. The molecule has 1 aromatic heterocycles. The molecule has 166 valence electrons. The van der Waals surface area contributed by atoms with Crippen molar-refractivity contribution < 1.29 is 13.5 Å². The van der Waals surface area contributed by atoms with Gasteiger partial charge in [0.25, 0.3) is 0 Å². The minimum absolute atomic E-state index is 0. The Hall–Kier alpha value is -2.40. The number of imidazole rings is 1. The number of alkyl halides is 2. The first-order valence-corrected chi connectivity index (χ1v) is 9.62. The van der Waals surface area contributed by atoms with Gasteiger partial charge in [-0.25, -0.2) is 4.98 Å². The molecule has 10 heteroatoms. The summed E-state index contributed by atoms with van der Waals surface area (Å²) in [6.45, 7) is -1.36. The van der Waals surface area contributed by atoms with E-state index in [2.05, 4.69) is 37.5 Å². The molecule has 0 aliphatic rings. The van der Waals surface area contributed by atoms with Gasteiger partial charge < -0.3 is 19.9 Å². The fourth-order valence-electron chi connectivity index (χ4n) is 2.84. The number of hydrogen-bond acceptors (Lipinski definition) is 3. The van der Waals surface area contributed by atoms with Crippen LogP contribution in [0, 0.1) is 0 Å². The summed E-state index contributed by atoms with van der Waals surface area (Å²) < 4.78 is 31.7. The number of halogens is 4. The van der Waals surface area contributed by atoms with Gasteiger partial charge in [-0.05, 0) is 29.3 Å². The molecule has 0 saturated heterocycles. The van der Waals surface area contributed by atoms with Crippen molar-refractivity contribution in [3.05, 3.63) is 82.9 Å². The van der Waals surface area contributed by atoms with Crippen LogP contribution in [0.5, 0.6) is 5.75 Å². The van der Waals surface area contributed by atoms with Gasteiger partial charge in [-0.1, -0.05) is 35.9 Å². The van der Waals surface area contributed by atoms with Crippen LogP contribution in [0.1, 0.15) is 16.7 Å². The number of nitrogens with zero attached hydrogens (tertiary/aromatic N) is 3. The molecule has 6 nitrogen and oxygen atoms in total. The highest BCUT2D eigenvalue weighted by Crippen LogP contribution is 2.24. The highest BCUT2D eigenvalue weighted by atomic mass is 127. The summed E-state index contributed by atoms with van der Waals surface area (Å²) in [6.07, 6.45) is 5.45. The lowest BCUT2D eigenvalue weighted by molar-refractivity contribution is -0.0504. The topological polar surface area (TPSA) is 63.5 Å². The second-order valence-corrected chi connectivity index (χ2v) is 6.90. The van der Waals surface area contributed by atoms with Crippen LogP contribution in [-0.4, -0.2) is 29.2 Å². The van der Waals surface area contributed by atoms with Gasteiger partial charge in [0, 0.05) is 49.7 Å². The lowest BCUT2D eigenvalue weighted by atomic mass is 10.1. The molecule has 1 heterocycles. The van der Waals surface area contributed by atoms with E-state index in [1.807, 2.05) is 22.9 Å². The van der Waals surface area contributed by atoms with Crippen molar-refractivity contribution in [2.45, 2.75) is 26.2 Å². The zero-order valence-electron chi connectivity index (χ0n) is 16.8. The first-order valence-electron chi connectivity index (χ1n) is 9.25. The van der Waals surface area contributed by atoms with Gasteiger partial charge in [0.05, 0.1) is 6.33 Å². The molecule has 0 aliphatic heterocycles. The zero-order valence-corrected chi connectivity index (χ0v) is 19.9. The van der Waals surface area contributed by atoms with Crippen LogP contribution in [-0.2, 0) is 19.6 Å². The SMILES string of the molecule is CN=C(NCc1ccc(Cn2ccnc2)cc1)NCc1cc(Cl)ccc1OC(F)F.I. The maximum absolute atomic E-state index is 12.6. The Morgan fingerprint density at radius 1 is 1.13 bits per heavy atom. The van der Waals surface area contributed by atoms with Gasteiger partial charge in [0.2, 0.25) is 0 Å². The van der Waals surface area contributed by atoms with E-state index < -0.39 is 6.61 Å². The Balaban J connectivity index is 0.00000341. The predicted octanol–water partition coefficient (Wildman–Crippen LogP) is 4.67. The fraction of sp³-hybridized carbons (Fsp3) is 0.238. The lowest BCUT2D eigenvalue weighted by Crippen LogP contribution is -2.36. The van der Waals surface area contributed by atoms with E-state index in [0.29, 0.717) is 23.1 Å². The van der Waals surface area contributed by atoms with Crippen LogP contribution in [0.25, 0.3) is 0 Å². The average Bonchev–Trinajstić information content (AvgIpc) is 3.24. The largest absolute Gasteiger partial charge is 0.434 e. The number of ether oxygens (including phenoxy) is 1. The van der Waals surface area contributed by atoms with Crippen LogP contribution in [0.15, 0.2) is 66.2 Å². The Morgan fingerprint density at radius 2 is 1.84 bits per heavy atom. The fourth-order valence-corrected chi connectivity index (χ4v) is 3.03. The molecule has 3 rings (SSSR count). The van der Waals surface area contributed by atoms with Gasteiger partial charge in [-0.15, -0.1) is 24.0 Å². The van der Waals surface area contributed by atoms with Gasteiger partial charge in [-0.3, -0.25) is 4.99 Å². The second kappa shape index (κ2) is 12.5. The monoisotopic (exact) mass is 561 g/mol. The van der Waals surface area contributed by atoms with E-state index in [-0.39, 0.29) is 36.3 Å². The Kier molecular flexibility index (Phi) is 9.99. The van der Waals surface area contributed by atoms with Gasteiger partial charge in [0.15, 0.2) is 5.96 Å². The Labute approximate surface area is 201 Å². The molecule has 2 N–H and O–H groups in total. The molecule has 0 spiro atoms. The third kappa shape index (κ3) is 7.98. The van der Waals surface area contributed by atoms with Crippen molar-refractivity contribution in [2.24, 2.45) is 4.99 Å². The second-order valence-electron chi connectivity index (χ2n) is 6.46. The van der Waals surface area contributed by atoms with E-state index >= 15 is 0 Å². The van der Waals surface area contributed by atoms with Crippen molar-refractivity contribution >= 4 is 41.5 Å². The molecule has 31 heavy (non-hydrogen) atoms. The minimum atomic E-state index is -2.90.